The molecule has 4 heteroatoms. The Kier molecular flexibility index (Phi) is 16.8. The van der Waals surface area contributed by atoms with Crippen molar-refractivity contribution in [2.45, 2.75) is 58.3 Å². The van der Waals surface area contributed by atoms with Crippen molar-refractivity contribution < 1.29 is 14.9 Å². The highest BCUT2D eigenvalue weighted by molar-refractivity contribution is 4.57. The lowest BCUT2D eigenvalue weighted by molar-refractivity contribution is 0.0689. The summed E-state index contributed by atoms with van der Waals surface area (Å²) in [4.78, 5) is 2.24. The van der Waals surface area contributed by atoms with Gasteiger partial charge in [-0.05, 0) is 13.0 Å². The van der Waals surface area contributed by atoms with Crippen LogP contribution < -0.4 is 0 Å². The van der Waals surface area contributed by atoms with Gasteiger partial charge in [0.15, 0.2) is 0 Å². The maximum atomic E-state index is 9.04. The van der Waals surface area contributed by atoms with E-state index in [4.69, 9.17) is 14.9 Å². The third-order valence-electron chi connectivity index (χ3n) is 3.53. The minimum absolute atomic E-state index is 0.0814. The van der Waals surface area contributed by atoms with Gasteiger partial charge in [0.1, 0.15) is 0 Å². The second-order valence-electron chi connectivity index (χ2n) is 5.38. The van der Waals surface area contributed by atoms with Crippen LogP contribution in [0.1, 0.15) is 58.3 Å². The summed E-state index contributed by atoms with van der Waals surface area (Å²) in [6, 6.07) is 0. The zero-order chi connectivity index (χ0) is 14.9. The van der Waals surface area contributed by atoms with E-state index >= 15 is 0 Å². The van der Waals surface area contributed by atoms with Gasteiger partial charge in [-0.3, -0.25) is 4.90 Å². The van der Waals surface area contributed by atoms with Crippen molar-refractivity contribution >= 4 is 0 Å². The smallest absolute Gasteiger partial charge is 0.0698 e. The van der Waals surface area contributed by atoms with Gasteiger partial charge in [0.05, 0.1) is 26.4 Å². The first-order valence-corrected chi connectivity index (χ1v) is 8.37. The first kappa shape index (κ1) is 19.8. The van der Waals surface area contributed by atoms with Gasteiger partial charge in [-0.1, -0.05) is 51.9 Å². The summed E-state index contributed by atoms with van der Waals surface area (Å²) >= 11 is 0. The van der Waals surface area contributed by atoms with Crippen molar-refractivity contribution in [2.24, 2.45) is 0 Å². The van der Waals surface area contributed by atoms with Crippen LogP contribution in [0.2, 0.25) is 0 Å². The molecule has 0 atom stereocenters. The molecule has 0 saturated carbocycles. The topological polar surface area (TPSA) is 52.9 Å². The number of aliphatic hydroxyl groups excluding tert-OH is 2. The van der Waals surface area contributed by atoms with Crippen LogP contribution in [-0.4, -0.2) is 61.2 Å². The minimum atomic E-state index is 0.0814. The van der Waals surface area contributed by atoms with Gasteiger partial charge < -0.3 is 14.9 Å². The van der Waals surface area contributed by atoms with Crippen LogP contribution in [-0.2, 0) is 4.74 Å². The summed E-state index contributed by atoms with van der Waals surface area (Å²) in [5, 5.41) is 17.7. The van der Waals surface area contributed by atoms with E-state index in [0.29, 0.717) is 13.2 Å². The van der Waals surface area contributed by atoms with Gasteiger partial charge >= 0.3 is 0 Å². The molecular weight excluding hydrogens is 254 g/mol. The van der Waals surface area contributed by atoms with Crippen LogP contribution in [0.25, 0.3) is 0 Å². The van der Waals surface area contributed by atoms with E-state index in [-0.39, 0.29) is 13.2 Å². The SMILES string of the molecule is CCCCCCCCCCN(CCO)CCOCCO. The summed E-state index contributed by atoms with van der Waals surface area (Å²) in [5.74, 6) is 0. The van der Waals surface area contributed by atoms with E-state index in [2.05, 4.69) is 11.8 Å². The molecule has 4 nitrogen and oxygen atoms in total. The zero-order valence-corrected chi connectivity index (χ0v) is 13.4. The largest absolute Gasteiger partial charge is 0.395 e. The van der Waals surface area contributed by atoms with E-state index < -0.39 is 0 Å². The van der Waals surface area contributed by atoms with Crippen LogP contribution >= 0.6 is 0 Å². The normalized spacial score (nSPS) is 11.4. The quantitative estimate of drug-likeness (QED) is 0.429. The first-order chi connectivity index (χ1) is 9.85. The highest BCUT2D eigenvalue weighted by Gasteiger charge is 2.03. The van der Waals surface area contributed by atoms with E-state index in [1.54, 1.807) is 0 Å². The van der Waals surface area contributed by atoms with Crippen LogP contribution in [0.4, 0.5) is 0 Å². The number of aliphatic hydroxyl groups is 2. The predicted octanol–water partition coefficient (Wildman–Crippen LogP) is 2.43. The van der Waals surface area contributed by atoms with Crippen LogP contribution in [0.15, 0.2) is 0 Å². The highest BCUT2D eigenvalue weighted by atomic mass is 16.5. The Morgan fingerprint density at radius 1 is 0.700 bits per heavy atom. The second kappa shape index (κ2) is 16.9. The molecule has 2 N–H and O–H groups in total. The standard InChI is InChI=1S/C16H35NO3/c1-2-3-4-5-6-7-8-9-10-17(11-13-18)12-15-20-16-14-19/h18-19H,2-16H2,1H3. The first-order valence-electron chi connectivity index (χ1n) is 8.37. The second-order valence-corrected chi connectivity index (χ2v) is 5.38. The lowest BCUT2D eigenvalue weighted by atomic mass is 10.1. The third-order valence-corrected chi connectivity index (χ3v) is 3.53. The van der Waals surface area contributed by atoms with Gasteiger partial charge in [0.25, 0.3) is 0 Å². The van der Waals surface area contributed by atoms with Crippen molar-refractivity contribution in [3.8, 4) is 0 Å². The zero-order valence-electron chi connectivity index (χ0n) is 13.4. The maximum absolute atomic E-state index is 9.04. The average Bonchev–Trinajstić information content (AvgIpc) is 2.46. The van der Waals surface area contributed by atoms with Crippen molar-refractivity contribution in [1.29, 1.82) is 0 Å². The molecule has 122 valence electrons. The number of unbranched alkanes of at least 4 members (excludes halogenated alkanes) is 7. The Balaban J connectivity index is 3.40. The minimum Gasteiger partial charge on any atom is -0.395 e. The summed E-state index contributed by atoms with van der Waals surface area (Å²) in [6.07, 6.45) is 10.6. The van der Waals surface area contributed by atoms with Crippen LogP contribution in [0.5, 0.6) is 0 Å². The molecule has 0 saturated heterocycles. The van der Waals surface area contributed by atoms with Crippen molar-refractivity contribution in [3.05, 3.63) is 0 Å². The van der Waals surface area contributed by atoms with E-state index in [0.717, 1.165) is 19.6 Å². The molecule has 0 aliphatic heterocycles. The molecule has 0 spiro atoms. The lowest BCUT2D eigenvalue weighted by Gasteiger charge is -2.21. The summed E-state index contributed by atoms with van der Waals surface area (Å²) in [7, 11) is 0. The summed E-state index contributed by atoms with van der Waals surface area (Å²) in [6.45, 7) is 6.19. The maximum Gasteiger partial charge on any atom is 0.0698 e. The number of ether oxygens (including phenoxy) is 1. The molecule has 0 radical (unpaired) electrons. The molecule has 0 bridgehead atoms. The highest BCUT2D eigenvalue weighted by Crippen LogP contribution is 2.08. The van der Waals surface area contributed by atoms with E-state index in [1.807, 2.05) is 0 Å². The Morgan fingerprint density at radius 3 is 1.95 bits per heavy atom. The molecule has 0 aliphatic rings. The fourth-order valence-electron chi connectivity index (χ4n) is 2.31. The summed E-state index contributed by atoms with van der Waals surface area (Å²) < 4.78 is 5.27. The van der Waals surface area contributed by atoms with Crippen LogP contribution in [0, 0.1) is 0 Å². The molecule has 0 aromatic rings. The number of rotatable bonds is 16. The van der Waals surface area contributed by atoms with E-state index in [9.17, 15) is 0 Å². The Morgan fingerprint density at radius 2 is 1.35 bits per heavy atom. The summed E-state index contributed by atoms with van der Waals surface area (Å²) in [5.41, 5.74) is 0. The Bertz CT molecular complexity index is 179. The van der Waals surface area contributed by atoms with Gasteiger partial charge in [0, 0.05) is 13.1 Å². The Labute approximate surface area is 125 Å². The van der Waals surface area contributed by atoms with Gasteiger partial charge in [-0.25, -0.2) is 0 Å². The number of nitrogens with zero attached hydrogens (tertiary/aromatic N) is 1. The van der Waals surface area contributed by atoms with Crippen molar-refractivity contribution in [3.63, 3.8) is 0 Å². The Hall–Kier alpha value is -0.160. The molecule has 0 aliphatic carbocycles. The number of hydrogen-bond donors (Lipinski definition) is 2. The fourth-order valence-corrected chi connectivity index (χ4v) is 2.31. The molecule has 0 rings (SSSR count). The van der Waals surface area contributed by atoms with Gasteiger partial charge in [-0.15, -0.1) is 0 Å². The lowest BCUT2D eigenvalue weighted by Crippen LogP contribution is -2.31. The van der Waals surface area contributed by atoms with Crippen molar-refractivity contribution in [2.75, 3.05) is 46.1 Å². The van der Waals surface area contributed by atoms with E-state index in [1.165, 1.54) is 51.4 Å². The monoisotopic (exact) mass is 289 g/mol. The van der Waals surface area contributed by atoms with Gasteiger partial charge in [0.2, 0.25) is 0 Å². The van der Waals surface area contributed by atoms with Crippen LogP contribution in [0.3, 0.4) is 0 Å². The molecule has 0 fully saturated rings. The average molecular weight is 289 g/mol. The fraction of sp³-hybridized carbons (Fsp3) is 1.00. The molecule has 0 unspecified atom stereocenters. The molecule has 0 aromatic heterocycles. The molecular formula is C16H35NO3. The number of hydrogen-bond acceptors (Lipinski definition) is 4. The van der Waals surface area contributed by atoms with Crippen molar-refractivity contribution in [1.82, 2.24) is 4.90 Å². The molecule has 20 heavy (non-hydrogen) atoms. The third kappa shape index (κ3) is 14.3. The van der Waals surface area contributed by atoms with Gasteiger partial charge in [-0.2, -0.15) is 0 Å². The molecule has 0 heterocycles. The molecule has 0 amide bonds. The molecule has 0 aromatic carbocycles. The predicted molar refractivity (Wildman–Crippen MR) is 84.0 cm³/mol.